The zero-order chi connectivity index (χ0) is 41.0. The van der Waals surface area contributed by atoms with Crippen LogP contribution in [0.15, 0.2) is 223 Å². The van der Waals surface area contributed by atoms with Crippen LogP contribution in [0.5, 0.6) is 0 Å². The van der Waals surface area contributed by atoms with Gasteiger partial charge in [0, 0.05) is 49.5 Å². The molecule has 4 aromatic heterocycles. The number of aromatic nitrogens is 4. The summed E-state index contributed by atoms with van der Waals surface area (Å²) in [5, 5.41) is 9.93. The van der Waals surface area contributed by atoms with Gasteiger partial charge in [0.25, 0.3) is 0 Å². The van der Waals surface area contributed by atoms with Crippen LogP contribution in [-0.4, -0.2) is 19.6 Å². The molecule has 0 aliphatic heterocycles. The Labute approximate surface area is 357 Å². The largest absolute Gasteiger partial charge is 0.456 e. The Kier molecular flexibility index (Phi) is 8.42. The van der Waals surface area contributed by atoms with Crippen molar-refractivity contribution in [3.63, 3.8) is 0 Å². The molecule has 0 saturated heterocycles. The molecule has 5 heteroatoms. The van der Waals surface area contributed by atoms with Crippen LogP contribution >= 0.6 is 0 Å². The number of pyridine rings is 1. The molecule has 0 aliphatic rings. The summed E-state index contributed by atoms with van der Waals surface area (Å²) < 4.78 is 8.39. The van der Waals surface area contributed by atoms with E-state index >= 15 is 0 Å². The molecule has 0 saturated carbocycles. The van der Waals surface area contributed by atoms with E-state index in [-0.39, 0.29) is 0 Å². The van der Waals surface area contributed by atoms with Crippen molar-refractivity contribution in [2.45, 2.75) is 0 Å². The summed E-state index contributed by atoms with van der Waals surface area (Å²) in [5.74, 6) is 0.671. The average molecular weight is 793 g/mol. The number of hydrogen-bond donors (Lipinski definition) is 0. The van der Waals surface area contributed by atoms with Crippen LogP contribution in [0, 0.1) is 0 Å². The number of rotatable bonds is 7. The number of nitrogens with zero attached hydrogens (tertiary/aromatic N) is 4. The minimum absolute atomic E-state index is 0.671. The first-order valence-electron chi connectivity index (χ1n) is 20.9. The van der Waals surface area contributed by atoms with Crippen molar-refractivity contribution in [1.82, 2.24) is 19.6 Å². The van der Waals surface area contributed by atoms with Gasteiger partial charge in [0.05, 0.1) is 22.6 Å². The first kappa shape index (κ1) is 35.5. The van der Waals surface area contributed by atoms with E-state index in [0.29, 0.717) is 5.82 Å². The lowest BCUT2D eigenvalue weighted by Crippen LogP contribution is -1.97. The van der Waals surface area contributed by atoms with Gasteiger partial charge in [-0.3, -0.25) is 0 Å². The van der Waals surface area contributed by atoms with Crippen LogP contribution in [0.4, 0.5) is 0 Å². The van der Waals surface area contributed by atoms with E-state index in [0.717, 1.165) is 111 Å². The Morgan fingerprint density at radius 2 is 0.968 bits per heavy atom. The molecule has 0 aliphatic carbocycles. The Hall–Kier alpha value is -8.41. The molecule has 0 spiro atoms. The van der Waals surface area contributed by atoms with Crippen LogP contribution in [0.3, 0.4) is 0 Å². The highest BCUT2D eigenvalue weighted by atomic mass is 16.3. The third kappa shape index (κ3) is 6.06. The van der Waals surface area contributed by atoms with E-state index in [1.165, 1.54) is 0 Å². The molecule has 290 valence electrons. The van der Waals surface area contributed by atoms with Crippen molar-refractivity contribution in [2.24, 2.45) is 0 Å². The lowest BCUT2D eigenvalue weighted by Gasteiger charge is -2.12. The smallest absolute Gasteiger partial charge is 0.160 e. The first-order chi connectivity index (χ1) is 30.7. The zero-order valence-corrected chi connectivity index (χ0v) is 33.5. The van der Waals surface area contributed by atoms with Crippen LogP contribution in [0.25, 0.3) is 117 Å². The number of hydrogen-bond acceptors (Lipinski definition) is 4. The number of fused-ring (bicyclic) bond motifs is 6. The maximum absolute atomic E-state index is 6.25. The Balaban J connectivity index is 0.997. The second-order valence-corrected chi connectivity index (χ2v) is 15.6. The summed E-state index contributed by atoms with van der Waals surface area (Å²) in [5.41, 5.74) is 16.0. The quantitative estimate of drug-likeness (QED) is 0.161. The molecule has 12 aromatic rings. The Morgan fingerprint density at radius 3 is 1.74 bits per heavy atom. The minimum atomic E-state index is 0.671. The van der Waals surface area contributed by atoms with E-state index in [2.05, 4.69) is 187 Å². The maximum Gasteiger partial charge on any atom is 0.160 e. The molecule has 0 radical (unpaired) electrons. The molecule has 0 bridgehead atoms. The van der Waals surface area contributed by atoms with Gasteiger partial charge in [0.15, 0.2) is 5.82 Å². The fraction of sp³-hybridized carbons (Fsp3) is 0. The average Bonchev–Trinajstić information content (AvgIpc) is 3.95. The molecule has 0 amide bonds. The third-order valence-corrected chi connectivity index (χ3v) is 11.8. The zero-order valence-electron chi connectivity index (χ0n) is 33.5. The van der Waals surface area contributed by atoms with Crippen LogP contribution in [-0.2, 0) is 0 Å². The molecule has 12 rings (SSSR count). The van der Waals surface area contributed by atoms with Crippen molar-refractivity contribution in [3.8, 4) is 78.7 Å². The predicted molar refractivity (Wildman–Crippen MR) is 254 cm³/mol. The monoisotopic (exact) mass is 792 g/mol. The lowest BCUT2D eigenvalue weighted by molar-refractivity contribution is 0.669. The molecular formula is C57H36N4O. The summed E-state index contributed by atoms with van der Waals surface area (Å²) in [6, 6.07) is 76.1. The number of para-hydroxylation sites is 1. The van der Waals surface area contributed by atoms with E-state index < -0.39 is 0 Å². The van der Waals surface area contributed by atoms with Gasteiger partial charge in [-0.15, -0.1) is 0 Å². The second-order valence-electron chi connectivity index (χ2n) is 15.6. The number of furan rings is 1. The lowest BCUT2D eigenvalue weighted by atomic mass is 9.96. The van der Waals surface area contributed by atoms with Crippen molar-refractivity contribution >= 4 is 38.2 Å². The summed E-state index contributed by atoms with van der Waals surface area (Å²) >= 11 is 0. The van der Waals surface area contributed by atoms with Gasteiger partial charge in [0.1, 0.15) is 16.9 Å². The van der Waals surface area contributed by atoms with Crippen LogP contribution < -0.4 is 0 Å². The van der Waals surface area contributed by atoms with Crippen molar-refractivity contribution < 1.29 is 4.42 Å². The molecule has 4 heterocycles. The molecule has 0 N–H and O–H groups in total. The SMILES string of the molecule is c1ccc(-c2nc(-c3ccc(-c4cc5ccccc5c5c(-c6ccccc6)c(-c6ccccc6)nn45)cc3)cc(-c3cccc(-c4cccc5oc6ccccc6c45)c3)n2)cc1. The van der Waals surface area contributed by atoms with E-state index in [1.807, 2.05) is 36.4 Å². The molecule has 5 nitrogen and oxygen atoms in total. The van der Waals surface area contributed by atoms with Gasteiger partial charge in [-0.25, -0.2) is 14.5 Å². The van der Waals surface area contributed by atoms with Gasteiger partial charge in [-0.1, -0.05) is 188 Å². The van der Waals surface area contributed by atoms with Crippen LogP contribution in [0.2, 0.25) is 0 Å². The summed E-state index contributed by atoms with van der Waals surface area (Å²) in [7, 11) is 0. The molecule has 0 unspecified atom stereocenters. The number of benzene rings is 8. The summed E-state index contributed by atoms with van der Waals surface area (Å²) in [6.07, 6.45) is 0. The minimum Gasteiger partial charge on any atom is -0.456 e. The molecule has 0 atom stereocenters. The first-order valence-corrected chi connectivity index (χ1v) is 20.9. The van der Waals surface area contributed by atoms with Crippen molar-refractivity contribution in [3.05, 3.63) is 218 Å². The molecular weight excluding hydrogens is 757 g/mol. The highest BCUT2D eigenvalue weighted by Gasteiger charge is 2.22. The highest BCUT2D eigenvalue weighted by molar-refractivity contribution is 6.12. The second kappa shape index (κ2) is 14.7. The van der Waals surface area contributed by atoms with Crippen molar-refractivity contribution in [2.75, 3.05) is 0 Å². The van der Waals surface area contributed by atoms with Gasteiger partial charge in [0.2, 0.25) is 0 Å². The normalized spacial score (nSPS) is 11.5. The topological polar surface area (TPSA) is 56.2 Å². The molecule has 62 heavy (non-hydrogen) atoms. The van der Waals surface area contributed by atoms with E-state index in [4.69, 9.17) is 19.5 Å². The van der Waals surface area contributed by atoms with Crippen molar-refractivity contribution in [1.29, 1.82) is 0 Å². The molecule has 8 aromatic carbocycles. The third-order valence-electron chi connectivity index (χ3n) is 11.8. The van der Waals surface area contributed by atoms with Gasteiger partial charge in [-0.05, 0) is 52.4 Å². The molecule has 0 fully saturated rings. The van der Waals surface area contributed by atoms with E-state index in [9.17, 15) is 0 Å². The Bertz CT molecular complexity index is 3610. The predicted octanol–water partition coefficient (Wildman–Crippen LogP) is 14.8. The fourth-order valence-electron chi connectivity index (χ4n) is 8.90. The van der Waals surface area contributed by atoms with Crippen LogP contribution in [0.1, 0.15) is 0 Å². The summed E-state index contributed by atoms with van der Waals surface area (Å²) in [4.78, 5) is 10.4. The maximum atomic E-state index is 6.25. The highest BCUT2D eigenvalue weighted by Crippen LogP contribution is 2.42. The summed E-state index contributed by atoms with van der Waals surface area (Å²) in [6.45, 7) is 0. The van der Waals surface area contributed by atoms with Gasteiger partial charge in [-0.2, -0.15) is 5.10 Å². The Morgan fingerprint density at radius 1 is 0.387 bits per heavy atom. The van der Waals surface area contributed by atoms with Gasteiger partial charge >= 0.3 is 0 Å². The van der Waals surface area contributed by atoms with Gasteiger partial charge < -0.3 is 4.42 Å². The fourth-order valence-corrected chi connectivity index (χ4v) is 8.90. The standard InChI is InChI=1S/C57H36N4O/c1-4-16-39(17-5-1)53-55(40-18-6-2-7-19-40)60-61-50(35-43-22-10-11-25-46(43)56(53)61)38-32-30-37(31-33-38)48-36-49(59-57(58-48)41-20-8-3-9-21-41)44-24-14-23-42(34-44)45-27-15-29-52-54(45)47-26-12-13-28-51(47)62-52/h1-36H. The van der Waals surface area contributed by atoms with E-state index in [1.54, 1.807) is 0 Å².